The minimum Gasteiger partial charge on any atom is -0.344 e. The molecular weight excluding hydrogens is 271 g/mol. The van der Waals surface area contributed by atoms with Crippen LogP contribution in [-0.4, -0.2) is 17.9 Å². The van der Waals surface area contributed by atoms with Gasteiger partial charge in [-0.15, -0.1) is 0 Å². The van der Waals surface area contributed by atoms with Gasteiger partial charge in [0.15, 0.2) is 0 Å². The lowest BCUT2D eigenvalue weighted by atomic mass is 9.97. The van der Waals surface area contributed by atoms with Gasteiger partial charge in [-0.2, -0.15) is 0 Å². The molecule has 1 atom stereocenters. The maximum atomic E-state index is 13.3. The number of hydrogen-bond donors (Lipinski definition) is 2. The zero-order valence-corrected chi connectivity index (χ0v) is 12.4. The van der Waals surface area contributed by atoms with Crippen LogP contribution < -0.4 is 10.6 Å². The van der Waals surface area contributed by atoms with E-state index in [4.69, 9.17) is 0 Å². The number of carbonyl (C=O) groups is 2. The van der Waals surface area contributed by atoms with Crippen molar-refractivity contribution < 1.29 is 14.0 Å². The number of rotatable bonds is 4. The van der Waals surface area contributed by atoms with Crippen molar-refractivity contribution in [2.24, 2.45) is 5.92 Å². The minimum atomic E-state index is -0.548. The fraction of sp³-hybridized carbons (Fsp3) is 0.500. The van der Waals surface area contributed by atoms with E-state index in [1.54, 1.807) is 13.0 Å². The first-order valence-electron chi connectivity index (χ1n) is 7.31. The van der Waals surface area contributed by atoms with Gasteiger partial charge in [0.25, 0.3) is 0 Å². The maximum Gasteiger partial charge on any atom is 0.247 e. The molecule has 1 aliphatic carbocycles. The highest BCUT2D eigenvalue weighted by atomic mass is 19.1. The molecule has 21 heavy (non-hydrogen) atoms. The van der Waals surface area contributed by atoms with Crippen LogP contribution in [0, 0.1) is 18.7 Å². The van der Waals surface area contributed by atoms with Crippen molar-refractivity contribution in [1.29, 1.82) is 0 Å². The molecule has 2 N–H and O–H groups in total. The fourth-order valence-corrected chi connectivity index (χ4v) is 2.85. The van der Waals surface area contributed by atoms with Crippen LogP contribution in [0.2, 0.25) is 0 Å². The lowest BCUT2D eigenvalue weighted by Gasteiger charge is -2.23. The number of halogens is 1. The Balaban J connectivity index is 2.13. The number of amides is 2. The smallest absolute Gasteiger partial charge is 0.247 e. The summed E-state index contributed by atoms with van der Waals surface area (Å²) >= 11 is 0. The van der Waals surface area contributed by atoms with Gasteiger partial charge in [-0.1, -0.05) is 18.9 Å². The Morgan fingerprint density at radius 2 is 1.95 bits per heavy atom. The summed E-state index contributed by atoms with van der Waals surface area (Å²) in [4.78, 5) is 23.8. The molecule has 0 saturated heterocycles. The average molecular weight is 292 g/mol. The number of hydrogen-bond acceptors (Lipinski definition) is 2. The lowest BCUT2D eigenvalue weighted by Crippen LogP contribution is -2.47. The molecule has 0 bridgehead atoms. The van der Waals surface area contributed by atoms with Crippen molar-refractivity contribution in [2.75, 3.05) is 5.32 Å². The number of nitrogens with one attached hydrogen (secondary N) is 2. The van der Waals surface area contributed by atoms with Crippen LogP contribution in [0.5, 0.6) is 0 Å². The molecule has 1 aromatic carbocycles. The molecule has 0 aliphatic heterocycles. The van der Waals surface area contributed by atoms with E-state index in [-0.39, 0.29) is 17.7 Å². The number of benzene rings is 1. The largest absolute Gasteiger partial charge is 0.344 e. The molecule has 1 aromatic rings. The van der Waals surface area contributed by atoms with Gasteiger partial charge < -0.3 is 10.6 Å². The third kappa shape index (κ3) is 4.03. The monoisotopic (exact) mass is 292 g/mol. The van der Waals surface area contributed by atoms with Crippen LogP contribution in [-0.2, 0) is 9.59 Å². The van der Waals surface area contributed by atoms with Crippen LogP contribution in [0.4, 0.5) is 10.1 Å². The van der Waals surface area contributed by atoms with Gasteiger partial charge in [0.05, 0.1) is 0 Å². The van der Waals surface area contributed by atoms with Crippen LogP contribution in [0.15, 0.2) is 18.2 Å². The standard InChI is InChI=1S/C16H21FN2O2/c1-10-7-8-13(17)9-14(10)19-16(21)15(18-11(2)20)12-5-3-4-6-12/h7-9,12,15H,3-6H2,1-2H3,(H,18,20)(H,19,21)/t15-/m1/s1. The molecule has 0 spiro atoms. The summed E-state index contributed by atoms with van der Waals surface area (Å²) in [6.07, 6.45) is 4.01. The quantitative estimate of drug-likeness (QED) is 0.896. The first kappa shape index (κ1) is 15.5. The van der Waals surface area contributed by atoms with E-state index < -0.39 is 11.9 Å². The van der Waals surface area contributed by atoms with Gasteiger partial charge in [-0.05, 0) is 43.4 Å². The Kier molecular flexibility index (Phi) is 4.94. The van der Waals surface area contributed by atoms with E-state index >= 15 is 0 Å². The second-order valence-electron chi connectivity index (χ2n) is 5.67. The molecule has 114 valence electrons. The summed E-state index contributed by atoms with van der Waals surface area (Å²) in [6, 6.07) is 3.72. The summed E-state index contributed by atoms with van der Waals surface area (Å²) in [6.45, 7) is 3.21. The molecule has 0 radical (unpaired) electrons. The second kappa shape index (κ2) is 6.70. The second-order valence-corrected chi connectivity index (χ2v) is 5.67. The molecule has 2 rings (SSSR count). The molecule has 1 saturated carbocycles. The summed E-state index contributed by atoms with van der Waals surface area (Å²) in [7, 11) is 0. The number of carbonyl (C=O) groups excluding carboxylic acids is 2. The Morgan fingerprint density at radius 3 is 2.57 bits per heavy atom. The lowest BCUT2D eigenvalue weighted by molar-refractivity contribution is -0.126. The first-order valence-corrected chi connectivity index (χ1v) is 7.31. The van der Waals surface area contributed by atoms with Gasteiger partial charge >= 0.3 is 0 Å². The number of anilines is 1. The SMILES string of the molecule is CC(=O)N[C@@H](C(=O)Nc1cc(F)ccc1C)C1CCCC1. The molecule has 2 amide bonds. The van der Waals surface area contributed by atoms with E-state index in [0.717, 1.165) is 31.2 Å². The highest BCUT2D eigenvalue weighted by Gasteiger charge is 2.31. The molecular formula is C16H21FN2O2. The van der Waals surface area contributed by atoms with Crippen LogP contribution >= 0.6 is 0 Å². The molecule has 5 heteroatoms. The highest BCUT2D eigenvalue weighted by Crippen LogP contribution is 2.28. The summed E-state index contributed by atoms with van der Waals surface area (Å²) in [5, 5.41) is 5.47. The molecule has 4 nitrogen and oxygen atoms in total. The Hall–Kier alpha value is -1.91. The Morgan fingerprint density at radius 1 is 1.29 bits per heavy atom. The third-order valence-corrected chi connectivity index (χ3v) is 3.97. The zero-order valence-electron chi connectivity index (χ0n) is 12.4. The van der Waals surface area contributed by atoms with Gasteiger partial charge in [0.1, 0.15) is 11.9 Å². The van der Waals surface area contributed by atoms with Crippen LogP contribution in [0.25, 0.3) is 0 Å². The van der Waals surface area contributed by atoms with Crippen molar-refractivity contribution in [2.45, 2.75) is 45.6 Å². The Bertz CT molecular complexity index is 539. The first-order chi connectivity index (χ1) is 9.97. The van der Waals surface area contributed by atoms with Gasteiger partial charge in [0.2, 0.25) is 11.8 Å². The zero-order chi connectivity index (χ0) is 15.4. The van der Waals surface area contributed by atoms with Crippen LogP contribution in [0.1, 0.15) is 38.2 Å². The van der Waals surface area contributed by atoms with Crippen molar-refractivity contribution in [3.63, 3.8) is 0 Å². The average Bonchev–Trinajstić information content (AvgIpc) is 2.93. The predicted molar refractivity (Wildman–Crippen MR) is 79.3 cm³/mol. The molecule has 0 unspecified atom stereocenters. The summed E-state index contributed by atoms with van der Waals surface area (Å²) in [5.74, 6) is -0.737. The predicted octanol–water partition coefficient (Wildman–Crippen LogP) is 2.77. The van der Waals surface area contributed by atoms with Crippen molar-refractivity contribution in [1.82, 2.24) is 5.32 Å². The molecule has 1 fully saturated rings. The van der Waals surface area contributed by atoms with Crippen molar-refractivity contribution in [3.8, 4) is 0 Å². The molecule has 0 heterocycles. The molecule has 1 aliphatic rings. The van der Waals surface area contributed by atoms with Gasteiger partial charge in [0, 0.05) is 12.6 Å². The fourth-order valence-electron chi connectivity index (χ4n) is 2.85. The summed E-state index contributed by atoms with van der Waals surface area (Å²) in [5.41, 5.74) is 1.24. The van der Waals surface area contributed by atoms with E-state index in [1.807, 2.05) is 0 Å². The molecule has 0 aromatic heterocycles. The summed E-state index contributed by atoms with van der Waals surface area (Å²) < 4.78 is 13.3. The normalized spacial score (nSPS) is 16.5. The topological polar surface area (TPSA) is 58.2 Å². The van der Waals surface area contributed by atoms with Gasteiger partial charge in [-0.25, -0.2) is 4.39 Å². The van der Waals surface area contributed by atoms with E-state index in [1.165, 1.54) is 19.1 Å². The van der Waals surface area contributed by atoms with Crippen molar-refractivity contribution in [3.05, 3.63) is 29.6 Å². The third-order valence-electron chi connectivity index (χ3n) is 3.97. The minimum absolute atomic E-state index is 0.155. The Labute approximate surface area is 124 Å². The van der Waals surface area contributed by atoms with E-state index in [9.17, 15) is 14.0 Å². The van der Waals surface area contributed by atoms with Crippen LogP contribution in [0.3, 0.4) is 0 Å². The maximum absolute atomic E-state index is 13.3. The highest BCUT2D eigenvalue weighted by molar-refractivity contribution is 5.97. The number of aryl methyl sites for hydroxylation is 1. The van der Waals surface area contributed by atoms with Crippen molar-refractivity contribution >= 4 is 17.5 Å². The van der Waals surface area contributed by atoms with E-state index in [0.29, 0.717) is 5.69 Å². The van der Waals surface area contributed by atoms with E-state index in [2.05, 4.69) is 10.6 Å². The van der Waals surface area contributed by atoms with Gasteiger partial charge in [-0.3, -0.25) is 9.59 Å².